The molecule has 1 aromatic heterocycles. The van der Waals surface area contributed by atoms with E-state index in [1.807, 2.05) is 6.20 Å². The Balaban J connectivity index is 2.06. The van der Waals surface area contributed by atoms with Crippen LogP contribution in [0.25, 0.3) is 11.4 Å². The van der Waals surface area contributed by atoms with Crippen LogP contribution in [0.15, 0.2) is 28.9 Å². The largest absolute Gasteiger partial charge is 0.312 e. The first-order chi connectivity index (χ1) is 8.74. The van der Waals surface area contributed by atoms with Gasteiger partial charge in [0.1, 0.15) is 5.82 Å². The molecule has 0 unspecified atom stereocenters. The molecule has 1 aliphatic heterocycles. The smallest absolute Gasteiger partial charge is 0.160 e. The van der Waals surface area contributed by atoms with Crippen molar-refractivity contribution in [3.63, 3.8) is 0 Å². The highest BCUT2D eigenvalue weighted by Crippen LogP contribution is 2.27. The van der Waals surface area contributed by atoms with Crippen LogP contribution in [0.4, 0.5) is 4.39 Å². The van der Waals surface area contributed by atoms with Crippen LogP contribution in [0.1, 0.15) is 11.3 Å². The third-order valence-electron chi connectivity index (χ3n) is 2.98. The van der Waals surface area contributed by atoms with Crippen molar-refractivity contribution in [3.05, 3.63) is 45.9 Å². The van der Waals surface area contributed by atoms with Crippen molar-refractivity contribution in [2.75, 3.05) is 6.54 Å². The summed E-state index contributed by atoms with van der Waals surface area (Å²) in [6.07, 6.45) is 2.75. The number of halogens is 2. The number of nitrogens with zero attached hydrogens (tertiary/aromatic N) is 2. The van der Waals surface area contributed by atoms with E-state index in [2.05, 4.69) is 31.2 Å². The maximum Gasteiger partial charge on any atom is 0.160 e. The fraction of sp³-hybridized carbons (Fsp3) is 0.231. The van der Waals surface area contributed by atoms with Crippen molar-refractivity contribution < 1.29 is 4.39 Å². The Bertz CT molecular complexity index is 601. The SMILES string of the molecule is Fc1ccc(-c2ncc3c(n2)CCNC3)c(Br)c1. The lowest BCUT2D eigenvalue weighted by atomic mass is 10.1. The molecule has 0 amide bonds. The van der Waals surface area contributed by atoms with E-state index in [1.165, 1.54) is 12.1 Å². The van der Waals surface area contributed by atoms with Gasteiger partial charge in [-0.1, -0.05) is 0 Å². The molecule has 0 bridgehead atoms. The van der Waals surface area contributed by atoms with Crippen molar-refractivity contribution in [1.82, 2.24) is 15.3 Å². The Hall–Kier alpha value is -1.33. The Morgan fingerprint density at radius 3 is 3.06 bits per heavy atom. The van der Waals surface area contributed by atoms with Gasteiger partial charge in [-0.05, 0) is 34.1 Å². The minimum atomic E-state index is -0.271. The summed E-state index contributed by atoms with van der Waals surface area (Å²) in [5.41, 5.74) is 3.04. The molecule has 0 aliphatic carbocycles. The summed E-state index contributed by atoms with van der Waals surface area (Å²) >= 11 is 3.35. The van der Waals surface area contributed by atoms with E-state index in [0.717, 1.165) is 36.3 Å². The number of fused-ring (bicyclic) bond motifs is 1. The fourth-order valence-electron chi connectivity index (χ4n) is 2.04. The Morgan fingerprint density at radius 2 is 2.22 bits per heavy atom. The molecule has 0 saturated heterocycles. The van der Waals surface area contributed by atoms with Crippen molar-refractivity contribution in [2.45, 2.75) is 13.0 Å². The molecule has 1 aliphatic rings. The predicted molar refractivity (Wildman–Crippen MR) is 70.5 cm³/mol. The minimum Gasteiger partial charge on any atom is -0.312 e. The van der Waals surface area contributed by atoms with Crippen LogP contribution in [0.2, 0.25) is 0 Å². The zero-order valence-corrected chi connectivity index (χ0v) is 11.2. The molecule has 0 saturated carbocycles. The molecule has 0 fully saturated rings. The number of nitrogens with one attached hydrogen (secondary N) is 1. The second-order valence-electron chi connectivity index (χ2n) is 4.22. The molecule has 0 spiro atoms. The Morgan fingerprint density at radius 1 is 1.33 bits per heavy atom. The zero-order valence-electron chi connectivity index (χ0n) is 9.58. The Labute approximate surface area is 113 Å². The Kier molecular flexibility index (Phi) is 3.09. The second kappa shape index (κ2) is 4.74. The van der Waals surface area contributed by atoms with Gasteiger partial charge in [0, 0.05) is 41.3 Å². The van der Waals surface area contributed by atoms with E-state index in [9.17, 15) is 4.39 Å². The highest BCUT2D eigenvalue weighted by Gasteiger charge is 2.13. The van der Waals surface area contributed by atoms with Crippen molar-refractivity contribution in [2.24, 2.45) is 0 Å². The monoisotopic (exact) mass is 307 g/mol. The molecule has 0 radical (unpaired) electrons. The molecule has 3 nitrogen and oxygen atoms in total. The van der Waals surface area contributed by atoms with Gasteiger partial charge in [-0.25, -0.2) is 14.4 Å². The average Bonchev–Trinajstić information content (AvgIpc) is 2.38. The second-order valence-corrected chi connectivity index (χ2v) is 5.07. The van der Waals surface area contributed by atoms with Crippen molar-refractivity contribution >= 4 is 15.9 Å². The summed E-state index contributed by atoms with van der Waals surface area (Å²) in [7, 11) is 0. The normalized spacial score (nSPS) is 14.3. The van der Waals surface area contributed by atoms with Gasteiger partial charge in [0.2, 0.25) is 0 Å². The van der Waals surface area contributed by atoms with Crippen LogP contribution in [-0.2, 0) is 13.0 Å². The maximum atomic E-state index is 13.1. The highest BCUT2D eigenvalue weighted by atomic mass is 79.9. The van der Waals surface area contributed by atoms with E-state index in [-0.39, 0.29) is 5.82 Å². The van der Waals surface area contributed by atoms with Gasteiger partial charge in [0.15, 0.2) is 5.82 Å². The standard InChI is InChI=1S/C13H11BrFN3/c14-11-5-9(15)1-2-10(11)13-17-7-8-6-16-4-3-12(8)18-13/h1-2,5,7,16H,3-4,6H2. The third kappa shape index (κ3) is 2.15. The lowest BCUT2D eigenvalue weighted by molar-refractivity contribution is 0.625. The van der Waals surface area contributed by atoms with Crippen LogP contribution in [-0.4, -0.2) is 16.5 Å². The van der Waals surface area contributed by atoms with E-state index in [1.54, 1.807) is 6.07 Å². The van der Waals surface area contributed by atoms with Crippen molar-refractivity contribution in [1.29, 1.82) is 0 Å². The first-order valence-corrected chi connectivity index (χ1v) is 6.54. The quantitative estimate of drug-likeness (QED) is 0.880. The predicted octanol–water partition coefficient (Wildman–Crippen LogP) is 2.69. The topological polar surface area (TPSA) is 37.8 Å². The van der Waals surface area contributed by atoms with Crippen LogP contribution >= 0.6 is 15.9 Å². The molecule has 2 aromatic rings. The molecular weight excluding hydrogens is 297 g/mol. The van der Waals surface area contributed by atoms with E-state index in [4.69, 9.17) is 0 Å². The summed E-state index contributed by atoms with van der Waals surface area (Å²) in [4.78, 5) is 8.92. The number of aromatic nitrogens is 2. The third-order valence-corrected chi connectivity index (χ3v) is 3.64. The summed E-state index contributed by atoms with van der Waals surface area (Å²) < 4.78 is 13.7. The first-order valence-electron chi connectivity index (χ1n) is 5.75. The zero-order chi connectivity index (χ0) is 12.5. The molecule has 92 valence electrons. The summed E-state index contributed by atoms with van der Waals surface area (Å²) in [6.45, 7) is 1.76. The number of hydrogen-bond donors (Lipinski definition) is 1. The van der Waals surface area contributed by atoms with Gasteiger partial charge >= 0.3 is 0 Å². The van der Waals surface area contributed by atoms with Crippen LogP contribution in [0.3, 0.4) is 0 Å². The number of hydrogen-bond acceptors (Lipinski definition) is 3. The van der Waals surface area contributed by atoms with Gasteiger partial charge in [0.25, 0.3) is 0 Å². The van der Waals surface area contributed by atoms with E-state index in [0.29, 0.717) is 10.3 Å². The first kappa shape index (κ1) is 11.7. The van der Waals surface area contributed by atoms with Crippen molar-refractivity contribution in [3.8, 4) is 11.4 Å². The molecule has 5 heteroatoms. The average molecular weight is 308 g/mol. The van der Waals surface area contributed by atoms with Gasteiger partial charge in [-0.3, -0.25) is 0 Å². The van der Waals surface area contributed by atoms with Gasteiger partial charge in [0.05, 0.1) is 5.69 Å². The molecule has 1 aromatic carbocycles. The molecule has 18 heavy (non-hydrogen) atoms. The van der Waals surface area contributed by atoms with Crippen LogP contribution in [0.5, 0.6) is 0 Å². The maximum absolute atomic E-state index is 13.1. The summed E-state index contributed by atoms with van der Waals surface area (Å²) in [5, 5.41) is 3.28. The lowest BCUT2D eigenvalue weighted by Crippen LogP contribution is -2.25. The van der Waals surface area contributed by atoms with Gasteiger partial charge < -0.3 is 5.32 Å². The van der Waals surface area contributed by atoms with Crippen LogP contribution in [0, 0.1) is 5.82 Å². The van der Waals surface area contributed by atoms with E-state index >= 15 is 0 Å². The fourth-order valence-corrected chi connectivity index (χ4v) is 2.56. The lowest BCUT2D eigenvalue weighted by Gasteiger charge is -2.16. The van der Waals surface area contributed by atoms with Gasteiger partial charge in [-0.15, -0.1) is 0 Å². The minimum absolute atomic E-state index is 0.271. The molecule has 2 heterocycles. The highest BCUT2D eigenvalue weighted by molar-refractivity contribution is 9.10. The summed E-state index contributed by atoms with van der Waals surface area (Å²) in [5.74, 6) is 0.371. The molecule has 1 N–H and O–H groups in total. The molecular formula is C13H11BrFN3. The number of rotatable bonds is 1. The van der Waals surface area contributed by atoms with Gasteiger partial charge in [-0.2, -0.15) is 0 Å². The van der Waals surface area contributed by atoms with Crippen LogP contribution < -0.4 is 5.32 Å². The molecule has 0 atom stereocenters. The molecule has 3 rings (SSSR count). The summed E-state index contributed by atoms with van der Waals surface area (Å²) in [6, 6.07) is 4.55. The number of benzene rings is 1. The van der Waals surface area contributed by atoms with E-state index < -0.39 is 0 Å².